The van der Waals surface area contributed by atoms with E-state index in [9.17, 15) is 14.4 Å². The highest BCUT2D eigenvalue weighted by Crippen LogP contribution is 2.36. The summed E-state index contributed by atoms with van der Waals surface area (Å²) in [6.45, 7) is 1.69. The number of fused-ring (bicyclic) bond motifs is 5. The van der Waals surface area contributed by atoms with Crippen molar-refractivity contribution in [1.29, 1.82) is 0 Å². The first kappa shape index (κ1) is 23.1. The molecule has 0 unspecified atom stereocenters. The predicted molar refractivity (Wildman–Crippen MR) is 140 cm³/mol. The highest BCUT2D eigenvalue weighted by molar-refractivity contribution is 6.06. The van der Waals surface area contributed by atoms with E-state index in [1.54, 1.807) is 62.9 Å². The van der Waals surface area contributed by atoms with Gasteiger partial charge in [-0.25, -0.2) is 0 Å². The van der Waals surface area contributed by atoms with E-state index in [1.807, 2.05) is 27.7 Å². The van der Waals surface area contributed by atoms with Crippen LogP contribution in [0.2, 0.25) is 0 Å². The third kappa shape index (κ3) is 3.80. The molecule has 4 aromatic rings. The van der Waals surface area contributed by atoms with Gasteiger partial charge in [-0.3, -0.25) is 19.0 Å². The van der Waals surface area contributed by atoms with Crippen molar-refractivity contribution in [3.05, 3.63) is 98.8 Å². The molecule has 188 valence electrons. The van der Waals surface area contributed by atoms with Gasteiger partial charge < -0.3 is 18.9 Å². The zero-order chi connectivity index (χ0) is 25.7. The number of carbonyl (C=O) groups is 1. The number of ether oxygens (including phenoxy) is 2. The third-order valence-corrected chi connectivity index (χ3v) is 7.57. The van der Waals surface area contributed by atoms with Crippen molar-refractivity contribution in [1.82, 2.24) is 14.0 Å². The molecular formula is C29H27N3O5. The van der Waals surface area contributed by atoms with Crippen molar-refractivity contribution in [2.24, 2.45) is 5.92 Å². The summed E-state index contributed by atoms with van der Waals surface area (Å²) >= 11 is 0. The SMILES string of the molecule is COc1ccc(OC)c(-n2cc(C(=O)N3C[C@H]4C[C@@H](C3)c3cccc(=O)n3C4)c3ccccc3c2=O)c1. The first-order chi connectivity index (χ1) is 18.0. The standard InChI is InChI=1S/C29H27N3O5/c1-36-20-10-11-26(37-2)25(13-20)32-17-23(21-6-3-4-7-22(21)29(32)35)28(34)30-14-18-12-19(16-30)24-8-5-9-27(33)31(24)15-18/h3-11,13,17-19H,12,14-16H2,1-2H3/t18-,19+/m1/s1. The Morgan fingerprint density at radius 3 is 2.49 bits per heavy atom. The lowest BCUT2D eigenvalue weighted by Gasteiger charge is -2.42. The lowest BCUT2D eigenvalue weighted by molar-refractivity contribution is 0.0596. The monoisotopic (exact) mass is 497 g/mol. The number of pyridine rings is 2. The molecule has 0 saturated carbocycles. The first-order valence-electron chi connectivity index (χ1n) is 12.3. The Kier molecular flexibility index (Phi) is 5.59. The summed E-state index contributed by atoms with van der Waals surface area (Å²) in [6.07, 6.45) is 2.57. The quantitative estimate of drug-likeness (QED) is 0.432. The Hall–Kier alpha value is -4.33. The second kappa shape index (κ2) is 8.96. The van der Waals surface area contributed by atoms with E-state index in [2.05, 4.69) is 0 Å². The lowest BCUT2D eigenvalue weighted by Crippen LogP contribution is -2.49. The van der Waals surface area contributed by atoms with E-state index in [0.29, 0.717) is 53.2 Å². The van der Waals surface area contributed by atoms with Gasteiger partial charge >= 0.3 is 0 Å². The molecule has 0 radical (unpaired) electrons. The second-order valence-electron chi connectivity index (χ2n) is 9.71. The maximum atomic E-state index is 14.1. The maximum Gasteiger partial charge on any atom is 0.263 e. The van der Waals surface area contributed by atoms with Crippen LogP contribution in [0.4, 0.5) is 0 Å². The molecule has 0 spiro atoms. The van der Waals surface area contributed by atoms with Gasteiger partial charge in [-0.05, 0) is 36.6 Å². The topological polar surface area (TPSA) is 82.8 Å². The van der Waals surface area contributed by atoms with Crippen LogP contribution in [0.3, 0.4) is 0 Å². The number of rotatable bonds is 4. The Morgan fingerprint density at radius 2 is 1.70 bits per heavy atom. The average Bonchev–Trinajstić information content (AvgIpc) is 2.93. The molecule has 2 aliphatic heterocycles. The summed E-state index contributed by atoms with van der Waals surface area (Å²) in [7, 11) is 3.10. The lowest BCUT2D eigenvalue weighted by atomic mass is 9.83. The third-order valence-electron chi connectivity index (χ3n) is 7.57. The van der Waals surface area contributed by atoms with Crippen LogP contribution in [0.5, 0.6) is 11.5 Å². The zero-order valence-corrected chi connectivity index (χ0v) is 20.7. The van der Waals surface area contributed by atoms with Crippen LogP contribution in [-0.4, -0.2) is 47.3 Å². The molecule has 1 saturated heterocycles. The number of amides is 1. The fourth-order valence-electron chi connectivity index (χ4n) is 5.86. The van der Waals surface area contributed by atoms with E-state index in [1.165, 1.54) is 4.57 Å². The van der Waals surface area contributed by atoms with Crippen LogP contribution in [-0.2, 0) is 6.54 Å². The van der Waals surface area contributed by atoms with Crippen molar-refractivity contribution in [2.75, 3.05) is 27.3 Å². The van der Waals surface area contributed by atoms with Gasteiger partial charge in [0.05, 0.1) is 25.5 Å². The summed E-state index contributed by atoms with van der Waals surface area (Å²) in [4.78, 5) is 42.0. The van der Waals surface area contributed by atoms with Crippen LogP contribution < -0.4 is 20.6 Å². The molecule has 2 aromatic heterocycles. The summed E-state index contributed by atoms with van der Waals surface area (Å²) < 4.78 is 14.2. The molecule has 8 heteroatoms. The molecule has 2 aliphatic rings. The smallest absolute Gasteiger partial charge is 0.263 e. The molecule has 2 aromatic carbocycles. The molecule has 2 bridgehead atoms. The molecule has 4 heterocycles. The summed E-state index contributed by atoms with van der Waals surface area (Å²) in [5.74, 6) is 1.23. The molecule has 1 amide bonds. The van der Waals surface area contributed by atoms with Gasteiger partial charge in [-0.15, -0.1) is 0 Å². The molecule has 1 fully saturated rings. The summed E-state index contributed by atoms with van der Waals surface area (Å²) in [5.41, 5.74) is 1.69. The van der Waals surface area contributed by atoms with E-state index >= 15 is 0 Å². The van der Waals surface area contributed by atoms with Crippen LogP contribution >= 0.6 is 0 Å². The second-order valence-corrected chi connectivity index (χ2v) is 9.71. The van der Waals surface area contributed by atoms with Crippen molar-refractivity contribution in [2.45, 2.75) is 18.9 Å². The number of hydrogen-bond donors (Lipinski definition) is 0. The van der Waals surface area contributed by atoms with E-state index in [-0.39, 0.29) is 28.9 Å². The fraction of sp³-hybridized carbons (Fsp3) is 0.276. The van der Waals surface area contributed by atoms with Gasteiger partial charge in [0, 0.05) is 60.3 Å². The fourth-order valence-corrected chi connectivity index (χ4v) is 5.86. The largest absolute Gasteiger partial charge is 0.497 e. The van der Waals surface area contributed by atoms with E-state index in [0.717, 1.165) is 12.1 Å². The molecule has 6 rings (SSSR count). The van der Waals surface area contributed by atoms with Crippen molar-refractivity contribution in [3.63, 3.8) is 0 Å². The highest BCUT2D eigenvalue weighted by atomic mass is 16.5. The molecule has 0 aliphatic carbocycles. The number of likely N-dealkylation sites (tertiary alicyclic amines) is 1. The predicted octanol–water partition coefficient (Wildman–Crippen LogP) is 3.43. The van der Waals surface area contributed by atoms with Crippen molar-refractivity contribution >= 4 is 16.7 Å². The minimum Gasteiger partial charge on any atom is -0.497 e. The first-order valence-corrected chi connectivity index (χ1v) is 12.3. The molecular weight excluding hydrogens is 470 g/mol. The number of aromatic nitrogens is 2. The number of piperidine rings is 1. The Balaban J connectivity index is 1.47. The molecule has 37 heavy (non-hydrogen) atoms. The number of methoxy groups -OCH3 is 2. The van der Waals surface area contributed by atoms with Gasteiger partial charge in [0.25, 0.3) is 17.0 Å². The normalized spacial score (nSPS) is 18.4. The van der Waals surface area contributed by atoms with Crippen LogP contribution in [0.15, 0.2) is 76.4 Å². The van der Waals surface area contributed by atoms with Crippen LogP contribution in [0, 0.1) is 5.92 Å². The summed E-state index contributed by atoms with van der Waals surface area (Å²) in [5, 5.41) is 1.07. The van der Waals surface area contributed by atoms with Crippen LogP contribution in [0.1, 0.15) is 28.4 Å². The van der Waals surface area contributed by atoms with Crippen molar-refractivity contribution in [3.8, 4) is 17.2 Å². The molecule has 8 nitrogen and oxygen atoms in total. The van der Waals surface area contributed by atoms with Gasteiger partial charge in [0.2, 0.25) is 0 Å². The Morgan fingerprint density at radius 1 is 0.892 bits per heavy atom. The Bertz CT molecular complexity index is 1650. The minimum atomic E-state index is -0.248. The molecule has 2 atom stereocenters. The van der Waals surface area contributed by atoms with Gasteiger partial charge in [0.1, 0.15) is 11.5 Å². The number of carbonyl (C=O) groups excluding carboxylic acids is 1. The average molecular weight is 498 g/mol. The highest BCUT2D eigenvalue weighted by Gasteiger charge is 2.37. The van der Waals surface area contributed by atoms with E-state index < -0.39 is 0 Å². The molecule has 0 N–H and O–H groups in total. The maximum absolute atomic E-state index is 14.1. The summed E-state index contributed by atoms with van der Waals surface area (Å²) in [6, 6.07) is 17.8. The number of hydrogen-bond acceptors (Lipinski definition) is 5. The van der Waals surface area contributed by atoms with Crippen molar-refractivity contribution < 1.29 is 14.3 Å². The van der Waals surface area contributed by atoms with Gasteiger partial charge in [-0.1, -0.05) is 24.3 Å². The van der Waals surface area contributed by atoms with Gasteiger partial charge in [-0.2, -0.15) is 0 Å². The zero-order valence-electron chi connectivity index (χ0n) is 20.7. The number of nitrogens with zero attached hydrogens (tertiary/aromatic N) is 3. The van der Waals surface area contributed by atoms with Crippen LogP contribution in [0.25, 0.3) is 16.5 Å². The minimum absolute atomic E-state index is 0.0114. The Labute approximate surface area is 213 Å². The van der Waals surface area contributed by atoms with E-state index in [4.69, 9.17) is 9.47 Å². The van der Waals surface area contributed by atoms with Gasteiger partial charge in [0.15, 0.2) is 0 Å². The number of benzene rings is 2.